The topological polar surface area (TPSA) is 89.2 Å². The van der Waals surface area contributed by atoms with Crippen LogP contribution in [0.15, 0.2) is 102 Å². The second-order valence-corrected chi connectivity index (χ2v) is 7.84. The van der Waals surface area contributed by atoms with Crippen LogP contribution >= 0.6 is 0 Å². The Balaban J connectivity index is 1.40. The number of hydrogen-bond acceptors (Lipinski definition) is 4. The van der Waals surface area contributed by atoms with Crippen LogP contribution < -0.4 is 10.6 Å². The molecular formula is C27H22N4O3. The molecule has 1 unspecified atom stereocenters. The molecule has 0 fully saturated rings. The van der Waals surface area contributed by atoms with Gasteiger partial charge >= 0.3 is 0 Å². The first-order valence-electron chi connectivity index (χ1n) is 10.8. The van der Waals surface area contributed by atoms with Gasteiger partial charge in [-0.25, -0.2) is 4.98 Å². The van der Waals surface area contributed by atoms with Gasteiger partial charge in [-0.15, -0.1) is 0 Å². The van der Waals surface area contributed by atoms with Crippen LogP contribution in [-0.2, 0) is 7.05 Å². The molecule has 34 heavy (non-hydrogen) atoms. The maximum Gasteiger partial charge on any atom is 0.291 e. The predicted molar refractivity (Wildman–Crippen MR) is 130 cm³/mol. The largest absolute Gasteiger partial charge is 0.459 e. The van der Waals surface area contributed by atoms with Gasteiger partial charge < -0.3 is 19.6 Å². The molecule has 2 N–H and O–H groups in total. The smallest absolute Gasteiger partial charge is 0.291 e. The molecule has 0 aliphatic heterocycles. The molecule has 0 spiro atoms. The predicted octanol–water partition coefficient (Wildman–Crippen LogP) is 4.94. The van der Waals surface area contributed by atoms with Gasteiger partial charge in [0.15, 0.2) is 5.76 Å². The molecule has 0 saturated heterocycles. The summed E-state index contributed by atoms with van der Waals surface area (Å²) in [6, 6.07) is 27.1. The maximum atomic E-state index is 13.2. The Kier molecular flexibility index (Phi) is 5.66. The molecule has 1 atom stereocenters. The van der Waals surface area contributed by atoms with Crippen molar-refractivity contribution >= 4 is 28.5 Å². The number of carbonyl (C=O) groups is 2. The Bertz CT molecular complexity index is 1440. The van der Waals surface area contributed by atoms with Gasteiger partial charge in [0.05, 0.1) is 17.3 Å². The van der Waals surface area contributed by atoms with Crippen molar-refractivity contribution in [3.63, 3.8) is 0 Å². The van der Waals surface area contributed by atoms with Crippen molar-refractivity contribution in [2.24, 2.45) is 7.05 Å². The summed E-state index contributed by atoms with van der Waals surface area (Å²) in [4.78, 5) is 30.2. The van der Waals surface area contributed by atoms with E-state index in [1.807, 2.05) is 66.2 Å². The van der Waals surface area contributed by atoms with Gasteiger partial charge in [-0.3, -0.25) is 9.59 Å². The van der Waals surface area contributed by atoms with Gasteiger partial charge in [0.1, 0.15) is 11.9 Å². The van der Waals surface area contributed by atoms with Crippen molar-refractivity contribution in [2.45, 2.75) is 6.04 Å². The first-order valence-corrected chi connectivity index (χ1v) is 10.8. The highest BCUT2D eigenvalue weighted by Gasteiger charge is 2.23. The normalized spacial score (nSPS) is 11.8. The standard InChI is InChI=1S/C27H22N4O3/c1-31-22-11-6-5-10-21(22)29-25(31)24(18-8-3-2-4-9-18)30-26(32)19-13-15-20(16-14-19)28-27(33)23-12-7-17-34-23/h2-17,24H,1H3,(H,28,33)(H,30,32). The van der Waals surface area contributed by atoms with Crippen LogP contribution in [0.3, 0.4) is 0 Å². The highest BCUT2D eigenvalue weighted by molar-refractivity contribution is 6.02. The number of imidazole rings is 1. The lowest BCUT2D eigenvalue weighted by Crippen LogP contribution is -2.31. The number of amides is 2. The number of anilines is 1. The molecule has 0 saturated carbocycles. The highest BCUT2D eigenvalue weighted by atomic mass is 16.3. The lowest BCUT2D eigenvalue weighted by Gasteiger charge is -2.19. The number of benzene rings is 3. The van der Waals surface area contributed by atoms with Gasteiger partial charge in [-0.05, 0) is 54.1 Å². The Hall–Kier alpha value is -4.65. The SMILES string of the molecule is Cn1c(C(NC(=O)c2ccc(NC(=O)c3ccco3)cc2)c2ccccc2)nc2ccccc21. The molecule has 5 rings (SSSR count). The van der Waals surface area contributed by atoms with E-state index in [2.05, 4.69) is 10.6 Å². The van der Waals surface area contributed by atoms with Crippen molar-refractivity contribution in [1.29, 1.82) is 0 Å². The van der Waals surface area contributed by atoms with Crippen LogP contribution in [0, 0.1) is 0 Å². The summed E-state index contributed by atoms with van der Waals surface area (Å²) in [5.41, 5.74) is 3.82. The second-order valence-electron chi connectivity index (χ2n) is 7.84. The van der Waals surface area contributed by atoms with E-state index >= 15 is 0 Å². The number of nitrogens with one attached hydrogen (secondary N) is 2. The third-order valence-electron chi connectivity index (χ3n) is 5.64. The van der Waals surface area contributed by atoms with Crippen molar-refractivity contribution in [2.75, 3.05) is 5.32 Å². The molecule has 5 aromatic rings. The summed E-state index contributed by atoms with van der Waals surface area (Å²) < 4.78 is 7.11. The molecular weight excluding hydrogens is 428 g/mol. The minimum absolute atomic E-state index is 0.218. The summed E-state index contributed by atoms with van der Waals surface area (Å²) >= 11 is 0. The zero-order valence-electron chi connectivity index (χ0n) is 18.4. The molecule has 3 aromatic carbocycles. The summed E-state index contributed by atoms with van der Waals surface area (Å²) in [6.45, 7) is 0. The fourth-order valence-electron chi connectivity index (χ4n) is 3.88. The third-order valence-corrected chi connectivity index (χ3v) is 5.64. The van der Waals surface area contributed by atoms with Crippen molar-refractivity contribution in [3.05, 3.63) is 120 Å². The van der Waals surface area contributed by atoms with Crippen LogP contribution in [0.2, 0.25) is 0 Å². The highest BCUT2D eigenvalue weighted by Crippen LogP contribution is 2.25. The Morgan fingerprint density at radius 2 is 1.59 bits per heavy atom. The fourth-order valence-corrected chi connectivity index (χ4v) is 3.88. The van der Waals surface area contributed by atoms with E-state index in [1.54, 1.807) is 36.4 Å². The molecule has 0 bridgehead atoms. The molecule has 7 heteroatoms. The zero-order valence-corrected chi connectivity index (χ0v) is 18.4. The molecule has 0 aliphatic carbocycles. The Labute approximate surface area is 196 Å². The summed E-state index contributed by atoms with van der Waals surface area (Å²) in [5, 5.41) is 5.87. The number of fused-ring (bicyclic) bond motifs is 1. The van der Waals surface area contributed by atoms with Crippen molar-refractivity contribution < 1.29 is 14.0 Å². The van der Waals surface area contributed by atoms with E-state index < -0.39 is 6.04 Å². The van der Waals surface area contributed by atoms with Crippen LogP contribution in [0.4, 0.5) is 5.69 Å². The van der Waals surface area contributed by atoms with E-state index in [0.717, 1.165) is 22.4 Å². The Morgan fingerprint density at radius 1 is 0.853 bits per heavy atom. The number of rotatable bonds is 6. The van der Waals surface area contributed by atoms with Crippen LogP contribution in [0.5, 0.6) is 0 Å². The van der Waals surface area contributed by atoms with Gasteiger partial charge in [0.25, 0.3) is 11.8 Å². The average Bonchev–Trinajstić information content (AvgIpc) is 3.52. The van der Waals surface area contributed by atoms with E-state index in [1.165, 1.54) is 6.26 Å². The first-order chi connectivity index (χ1) is 16.6. The lowest BCUT2D eigenvalue weighted by molar-refractivity contribution is 0.0940. The van der Waals surface area contributed by atoms with Gasteiger partial charge in [0.2, 0.25) is 0 Å². The van der Waals surface area contributed by atoms with Gasteiger partial charge in [0, 0.05) is 18.3 Å². The number of nitrogens with zero attached hydrogens (tertiary/aromatic N) is 2. The number of aromatic nitrogens is 2. The van der Waals surface area contributed by atoms with Crippen LogP contribution in [0.25, 0.3) is 11.0 Å². The molecule has 2 amide bonds. The monoisotopic (exact) mass is 450 g/mol. The van der Waals surface area contributed by atoms with Crippen molar-refractivity contribution in [1.82, 2.24) is 14.9 Å². The zero-order chi connectivity index (χ0) is 23.5. The Morgan fingerprint density at radius 3 is 2.29 bits per heavy atom. The van der Waals surface area contributed by atoms with E-state index in [0.29, 0.717) is 11.3 Å². The molecule has 0 radical (unpaired) electrons. The number of para-hydroxylation sites is 2. The van der Waals surface area contributed by atoms with Crippen LogP contribution in [0.1, 0.15) is 38.3 Å². The van der Waals surface area contributed by atoms with E-state index in [9.17, 15) is 9.59 Å². The maximum absolute atomic E-state index is 13.2. The van der Waals surface area contributed by atoms with E-state index in [4.69, 9.17) is 9.40 Å². The quantitative estimate of drug-likeness (QED) is 0.384. The lowest BCUT2D eigenvalue weighted by atomic mass is 10.1. The minimum Gasteiger partial charge on any atom is -0.459 e. The molecule has 2 aromatic heterocycles. The summed E-state index contributed by atoms with van der Waals surface area (Å²) in [5.74, 6) is 0.357. The average molecular weight is 450 g/mol. The van der Waals surface area contributed by atoms with Gasteiger partial charge in [-0.2, -0.15) is 0 Å². The van der Waals surface area contributed by atoms with E-state index in [-0.39, 0.29) is 17.6 Å². The number of carbonyl (C=O) groups excluding carboxylic acids is 2. The molecule has 2 heterocycles. The van der Waals surface area contributed by atoms with Crippen LogP contribution in [-0.4, -0.2) is 21.4 Å². The van der Waals surface area contributed by atoms with Gasteiger partial charge in [-0.1, -0.05) is 42.5 Å². The fraction of sp³-hybridized carbons (Fsp3) is 0.0741. The number of hydrogen-bond donors (Lipinski definition) is 2. The second kappa shape index (κ2) is 9.07. The summed E-state index contributed by atoms with van der Waals surface area (Å²) in [6.07, 6.45) is 1.44. The number of aryl methyl sites for hydroxylation is 1. The first kappa shape index (κ1) is 21.2. The van der Waals surface area contributed by atoms with Crippen molar-refractivity contribution in [3.8, 4) is 0 Å². The minimum atomic E-state index is -0.440. The summed E-state index contributed by atoms with van der Waals surface area (Å²) in [7, 11) is 1.95. The molecule has 0 aliphatic rings. The third kappa shape index (κ3) is 4.19. The molecule has 7 nitrogen and oxygen atoms in total. The number of furan rings is 1. The molecule has 168 valence electrons.